The summed E-state index contributed by atoms with van der Waals surface area (Å²) in [4.78, 5) is 19.1. The molecule has 6 heteroatoms. The maximum Gasteiger partial charge on any atom is 0.348 e. The van der Waals surface area contributed by atoms with Crippen LogP contribution in [0.3, 0.4) is 0 Å². The lowest BCUT2D eigenvalue weighted by Crippen LogP contribution is -2.05. The highest BCUT2D eigenvalue weighted by Gasteiger charge is 2.15. The Labute approximate surface area is 141 Å². The molecule has 0 spiro atoms. The summed E-state index contributed by atoms with van der Waals surface area (Å²) < 4.78 is 7.38. The van der Waals surface area contributed by atoms with Gasteiger partial charge in [0.2, 0.25) is 0 Å². The minimum absolute atomic E-state index is 0.259. The zero-order valence-electron chi connectivity index (χ0n) is 12.3. The van der Waals surface area contributed by atoms with E-state index in [9.17, 15) is 4.79 Å². The highest BCUT2D eigenvalue weighted by atomic mass is 32.1. The highest BCUT2D eigenvalue weighted by molar-refractivity contribution is 7.21. The van der Waals surface area contributed by atoms with Crippen molar-refractivity contribution in [1.29, 1.82) is 0 Å². The number of esters is 1. The van der Waals surface area contributed by atoms with Gasteiger partial charge in [0, 0.05) is 11.6 Å². The first-order valence-corrected chi connectivity index (χ1v) is 9.07. The summed E-state index contributed by atoms with van der Waals surface area (Å²) >= 11 is 2.98. The van der Waals surface area contributed by atoms with Gasteiger partial charge in [0.15, 0.2) is 4.96 Å². The molecule has 4 aromatic rings. The summed E-state index contributed by atoms with van der Waals surface area (Å²) in [5.74, 6) is -0.259. The third-order valence-corrected chi connectivity index (χ3v) is 5.38. The van der Waals surface area contributed by atoms with Crippen LogP contribution in [0.15, 0.2) is 48.0 Å². The first-order chi connectivity index (χ1) is 11.3. The number of thiophene rings is 1. The highest BCUT2D eigenvalue weighted by Crippen LogP contribution is 2.28. The Morgan fingerprint density at radius 2 is 2.13 bits per heavy atom. The Kier molecular flexibility index (Phi) is 3.85. The number of hydrogen-bond donors (Lipinski definition) is 0. The smallest absolute Gasteiger partial charge is 0.348 e. The van der Waals surface area contributed by atoms with Crippen molar-refractivity contribution in [1.82, 2.24) is 9.38 Å². The van der Waals surface area contributed by atoms with Crippen molar-refractivity contribution in [3.63, 3.8) is 0 Å². The molecule has 4 rings (SSSR count). The summed E-state index contributed by atoms with van der Waals surface area (Å²) in [7, 11) is 0. The van der Waals surface area contributed by atoms with E-state index in [1.807, 2.05) is 40.2 Å². The normalized spacial score (nSPS) is 11.3. The summed E-state index contributed by atoms with van der Waals surface area (Å²) in [6.07, 6.45) is 3.71. The van der Waals surface area contributed by atoms with Crippen LogP contribution in [0, 0.1) is 0 Å². The van der Waals surface area contributed by atoms with Crippen LogP contribution in [0.1, 0.15) is 21.7 Å². The van der Waals surface area contributed by atoms with Gasteiger partial charge in [0.05, 0.1) is 12.1 Å². The van der Waals surface area contributed by atoms with Gasteiger partial charge in [-0.2, -0.15) is 0 Å². The molecule has 0 aliphatic carbocycles. The number of fused-ring (bicyclic) bond motifs is 3. The average Bonchev–Trinajstić information content (AvgIpc) is 3.24. The third kappa shape index (κ3) is 2.87. The molecule has 0 aliphatic rings. The largest absolute Gasteiger partial charge is 0.461 e. The second-order valence-electron chi connectivity index (χ2n) is 5.19. The molecular weight excluding hydrogens is 328 g/mol. The second kappa shape index (κ2) is 6.14. The molecule has 23 heavy (non-hydrogen) atoms. The molecule has 0 saturated carbocycles. The number of aryl methyl sites for hydroxylation is 1. The molecular formula is C17H14N2O2S2. The standard InChI is InChI=1S/C17H14N2O2S2/c20-16(21-9-4-7-12-5-2-1-3-6-12)14-11-13-15(23-14)18-17-19(13)8-10-22-17/h1-3,5-6,8,10-11H,4,7,9H2. The topological polar surface area (TPSA) is 43.6 Å². The molecule has 0 bridgehead atoms. The molecule has 1 aromatic carbocycles. The SMILES string of the molecule is O=C(OCCCc1ccccc1)c1cc2c(nc3sccn32)s1. The van der Waals surface area contributed by atoms with Crippen LogP contribution in [0.5, 0.6) is 0 Å². The van der Waals surface area contributed by atoms with Gasteiger partial charge in [-0.3, -0.25) is 4.40 Å². The van der Waals surface area contributed by atoms with Crippen molar-refractivity contribution in [2.24, 2.45) is 0 Å². The molecule has 0 N–H and O–H groups in total. The van der Waals surface area contributed by atoms with E-state index in [4.69, 9.17) is 4.74 Å². The number of carbonyl (C=O) groups is 1. The number of imidazole rings is 1. The summed E-state index contributed by atoms with van der Waals surface area (Å²) in [6.45, 7) is 0.435. The van der Waals surface area contributed by atoms with Crippen LogP contribution in [-0.2, 0) is 11.2 Å². The van der Waals surface area contributed by atoms with Crippen LogP contribution in [-0.4, -0.2) is 22.0 Å². The molecule has 0 saturated heterocycles. The average molecular weight is 342 g/mol. The maximum atomic E-state index is 12.2. The third-order valence-electron chi connectivity index (χ3n) is 3.63. The van der Waals surface area contributed by atoms with Crippen LogP contribution < -0.4 is 0 Å². The van der Waals surface area contributed by atoms with Crippen molar-refractivity contribution < 1.29 is 9.53 Å². The van der Waals surface area contributed by atoms with E-state index in [1.165, 1.54) is 16.9 Å². The molecule has 0 amide bonds. The number of thiazole rings is 1. The Balaban J connectivity index is 1.38. The van der Waals surface area contributed by atoms with Crippen molar-refractivity contribution in [3.05, 3.63) is 58.4 Å². The summed E-state index contributed by atoms with van der Waals surface area (Å²) in [5.41, 5.74) is 2.24. The fourth-order valence-electron chi connectivity index (χ4n) is 2.51. The van der Waals surface area contributed by atoms with Gasteiger partial charge < -0.3 is 4.74 Å². The van der Waals surface area contributed by atoms with E-state index >= 15 is 0 Å². The molecule has 0 radical (unpaired) electrons. The molecule has 0 atom stereocenters. The molecule has 0 fully saturated rings. The van der Waals surface area contributed by atoms with E-state index in [0.29, 0.717) is 11.5 Å². The lowest BCUT2D eigenvalue weighted by atomic mass is 10.1. The minimum Gasteiger partial charge on any atom is -0.461 e. The van der Waals surface area contributed by atoms with E-state index in [-0.39, 0.29) is 5.97 Å². The van der Waals surface area contributed by atoms with E-state index in [1.54, 1.807) is 11.3 Å². The van der Waals surface area contributed by atoms with Crippen LogP contribution in [0.4, 0.5) is 0 Å². The van der Waals surface area contributed by atoms with Crippen LogP contribution in [0.25, 0.3) is 15.3 Å². The Morgan fingerprint density at radius 1 is 1.26 bits per heavy atom. The van der Waals surface area contributed by atoms with Gasteiger partial charge in [-0.25, -0.2) is 9.78 Å². The zero-order chi connectivity index (χ0) is 15.6. The quantitative estimate of drug-likeness (QED) is 0.399. The summed E-state index contributed by atoms with van der Waals surface area (Å²) in [6, 6.07) is 12.1. The van der Waals surface area contributed by atoms with Crippen molar-refractivity contribution in [2.45, 2.75) is 12.8 Å². The van der Waals surface area contributed by atoms with Gasteiger partial charge in [-0.15, -0.1) is 22.7 Å². The van der Waals surface area contributed by atoms with Gasteiger partial charge in [0.25, 0.3) is 0 Å². The number of nitrogens with zero attached hydrogens (tertiary/aromatic N) is 2. The van der Waals surface area contributed by atoms with Gasteiger partial charge in [0.1, 0.15) is 9.71 Å². The fraction of sp³-hybridized carbons (Fsp3) is 0.176. The molecule has 3 heterocycles. The number of carbonyl (C=O) groups excluding carboxylic acids is 1. The number of rotatable bonds is 5. The Hall–Kier alpha value is -2.18. The van der Waals surface area contributed by atoms with E-state index in [0.717, 1.165) is 28.1 Å². The fourth-order valence-corrected chi connectivity index (χ4v) is 4.20. The molecule has 0 aliphatic heterocycles. The van der Waals surface area contributed by atoms with Crippen LogP contribution in [0.2, 0.25) is 0 Å². The minimum atomic E-state index is -0.259. The number of benzene rings is 1. The lowest BCUT2D eigenvalue weighted by Gasteiger charge is -2.03. The maximum absolute atomic E-state index is 12.2. The predicted molar refractivity (Wildman–Crippen MR) is 93.5 cm³/mol. The molecule has 4 nitrogen and oxygen atoms in total. The van der Waals surface area contributed by atoms with Crippen LogP contribution >= 0.6 is 22.7 Å². The predicted octanol–water partition coefficient (Wildman–Crippen LogP) is 4.40. The number of hydrogen-bond acceptors (Lipinski definition) is 5. The first-order valence-electron chi connectivity index (χ1n) is 7.37. The monoisotopic (exact) mass is 342 g/mol. The lowest BCUT2D eigenvalue weighted by molar-refractivity contribution is 0.0506. The zero-order valence-corrected chi connectivity index (χ0v) is 13.9. The molecule has 0 unspecified atom stereocenters. The Bertz CT molecular complexity index is 953. The molecule has 3 aromatic heterocycles. The van der Waals surface area contributed by atoms with Crippen molar-refractivity contribution in [3.8, 4) is 0 Å². The van der Waals surface area contributed by atoms with E-state index < -0.39 is 0 Å². The second-order valence-corrected chi connectivity index (χ2v) is 7.10. The number of aromatic nitrogens is 2. The summed E-state index contributed by atoms with van der Waals surface area (Å²) in [5, 5.41) is 1.99. The number of ether oxygens (including phenoxy) is 1. The van der Waals surface area contributed by atoms with Crippen molar-refractivity contribution >= 4 is 44.0 Å². The van der Waals surface area contributed by atoms with Crippen molar-refractivity contribution in [2.75, 3.05) is 6.61 Å². The first kappa shape index (κ1) is 14.4. The van der Waals surface area contributed by atoms with Gasteiger partial charge in [-0.05, 0) is 24.5 Å². The van der Waals surface area contributed by atoms with Gasteiger partial charge >= 0.3 is 5.97 Å². The van der Waals surface area contributed by atoms with Gasteiger partial charge in [-0.1, -0.05) is 30.3 Å². The van der Waals surface area contributed by atoms with E-state index in [2.05, 4.69) is 17.1 Å². The molecule has 116 valence electrons. The Morgan fingerprint density at radius 3 is 3.00 bits per heavy atom.